The lowest BCUT2D eigenvalue weighted by Crippen LogP contribution is -2.63. The molecule has 1 unspecified atom stereocenters. The molecule has 0 bridgehead atoms. The van der Waals surface area contributed by atoms with Gasteiger partial charge in [-0.05, 0) is 47.9 Å². The van der Waals surface area contributed by atoms with E-state index < -0.39 is 8.56 Å². The van der Waals surface area contributed by atoms with Crippen molar-refractivity contribution in [3.05, 3.63) is 60.7 Å². The van der Waals surface area contributed by atoms with E-state index >= 15 is 0 Å². The first kappa shape index (κ1) is 24.8. The minimum absolute atomic E-state index is 0.749. The quantitative estimate of drug-likeness (QED) is 0.245. The summed E-state index contributed by atoms with van der Waals surface area (Å²) < 4.78 is 13.6. The Balaban J connectivity index is 2.21. The first-order valence-electron chi connectivity index (χ1n) is 12.0. The Bertz CT molecular complexity index is 630. The minimum atomic E-state index is -2.72. The van der Waals surface area contributed by atoms with Crippen LogP contribution < -0.4 is 10.4 Å². The van der Waals surface area contributed by atoms with Gasteiger partial charge in [0.15, 0.2) is 0 Å². The van der Waals surface area contributed by atoms with E-state index in [4.69, 9.17) is 8.85 Å². The average molecular weight is 427 g/mol. The molecule has 2 aromatic carbocycles. The zero-order chi connectivity index (χ0) is 21.7. The molecule has 2 nitrogen and oxygen atoms in total. The van der Waals surface area contributed by atoms with Crippen LogP contribution in [0.3, 0.4) is 0 Å². The van der Waals surface area contributed by atoms with Crippen LogP contribution in [0.25, 0.3) is 0 Å². The van der Waals surface area contributed by atoms with Crippen LogP contribution in [0.4, 0.5) is 0 Å². The Morgan fingerprint density at radius 1 is 0.667 bits per heavy atom. The summed E-state index contributed by atoms with van der Waals surface area (Å²) in [5, 5.41) is 2.42. The predicted octanol–water partition coefficient (Wildman–Crippen LogP) is 6.32. The summed E-state index contributed by atoms with van der Waals surface area (Å²) in [4.78, 5) is 0. The smallest absolute Gasteiger partial charge is 0.388 e. The predicted molar refractivity (Wildman–Crippen MR) is 132 cm³/mol. The van der Waals surface area contributed by atoms with Gasteiger partial charge >= 0.3 is 8.56 Å². The molecule has 0 amide bonds. The molecule has 0 saturated carbocycles. The van der Waals surface area contributed by atoms with E-state index in [1.807, 2.05) is 0 Å². The molecule has 0 aromatic heterocycles. The molecular formula is C27H42O2Si. The van der Waals surface area contributed by atoms with Crippen LogP contribution in [0.1, 0.15) is 72.6 Å². The van der Waals surface area contributed by atoms with Crippen LogP contribution >= 0.6 is 0 Å². The van der Waals surface area contributed by atoms with Crippen LogP contribution in [0.5, 0.6) is 0 Å². The topological polar surface area (TPSA) is 18.5 Å². The van der Waals surface area contributed by atoms with Crippen molar-refractivity contribution in [3.63, 3.8) is 0 Å². The van der Waals surface area contributed by atoms with E-state index in [-0.39, 0.29) is 0 Å². The van der Waals surface area contributed by atoms with E-state index in [0.717, 1.165) is 37.9 Å². The number of rotatable bonds is 15. The molecule has 0 aliphatic rings. The van der Waals surface area contributed by atoms with Crippen molar-refractivity contribution in [2.24, 2.45) is 11.8 Å². The molecule has 2 aromatic rings. The third-order valence-electron chi connectivity index (χ3n) is 6.37. The van der Waals surface area contributed by atoms with E-state index in [9.17, 15) is 0 Å². The lowest BCUT2D eigenvalue weighted by molar-refractivity contribution is 0.179. The molecule has 0 fully saturated rings. The van der Waals surface area contributed by atoms with E-state index in [2.05, 4.69) is 88.4 Å². The molecule has 0 spiro atoms. The summed E-state index contributed by atoms with van der Waals surface area (Å²) in [6.45, 7) is 10.7. The highest BCUT2D eigenvalue weighted by Gasteiger charge is 2.42. The molecule has 0 radical (unpaired) electrons. The van der Waals surface area contributed by atoms with Crippen molar-refractivity contribution in [1.29, 1.82) is 0 Å². The van der Waals surface area contributed by atoms with Crippen molar-refractivity contribution in [2.75, 3.05) is 13.2 Å². The zero-order valence-electron chi connectivity index (χ0n) is 19.6. The molecule has 0 aliphatic carbocycles. The standard InChI is InChI=1S/C27H42O2Si/c1-5-24(4)16-14-22-28-30(26-18-10-8-11-19-26,27-20-12-9-13-21-27)29-23-15-17-25(6-2)7-3/h8-13,18-21,24-25H,5-7,14-17,22-23H2,1-4H3. The minimum Gasteiger partial charge on any atom is -0.388 e. The first-order valence-corrected chi connectivity index (χ1v) is 13.9. The van der Waals surface area contributed by atoms with E-state index in [1.54, 1.807) is 0 Å². The molecule has 3 heteroatoms. The summed E-state index contributed by atoms with van der Waals surface area (Å²) in [7, 11) is -2.72. The molecule has 166 valence electrons. The van der Waals surface area contributed by atoms with Crippen molar-refractivity contribution in [3.8, 4) is 0 Å². The number of hydrogen-bond acceptors (Lipinski definition) is 2. The van der Waals surface area contributed by atoms with E-state index in [0.29, 0.717) is 0 Å². The van der Waals surface area contributed by atoms with Gasteiger partial charge < -0.3 is 8.85 Å². The molecule has 0 N–H and O–H groups in total. The first-order chi connectivity index (χ1) is 14.7. The molecule has 2 rings (SSSR count). The monoisotopic (exact) mass is 426 g/mol. The highest BCUT2D eigenvalue weighted by molar-refractivity contribution is 6.92. The molecule has 0 heterocycles. The molecule has 0 aliphatic heterocycles. The van der Waals surface area contributed by atoms with Crippen LogP contribution in [-0.4, -0.2) is 21.8 Å². The zero-order valence-corrected chi connectivity index (χ0v) is 20.6. The second-order valence-electron chi connectivity index (χ2n) is 8.53. The average Bonchev–Trinajstić information content (AvgIpc) is 2.81. The van der Waals surface area contributed by atoms with Gasteiger partial charge in [0.2, 0.25) is 0 Å². The summed E-state index contributed by atoms with van der Waals surface area (Å²) in [6.07, 6.45) is 8.35. The fourth-order valence-electron chi connectivity index (χ4n) is 3.99. The van der Waals surface area contributed by atoms with Gasteiger partial charge in [-0.2, -0.15) is 0 Å². The summed E-state index contributed by atoms with van der Waals surface area (Å²) in [5.74, 6) is 1.55. The highest BCUT2D eigenvalue weighted by atomic mass is 28.4. The SMILES string of the molecule is CCC(C)CCCO[Si](OCCCC(CC)CC)(c1ccccc1)c1ccccc1. The van der Waals surface area contributed by atoms with Gasteiger partial charge in [-0.1, -0.05) is 108 Å². The lowest BCUT2D eigenvalue weighted by atomic mass is 9.98. The van der Waals surface area contributed by atoms with Gasteiger partial charge in [0, 0.05) is 13.2 Å². The number of hydrogen-bond donors (Lipinski definition) is 0. The van der Waals surface area contributed by atoms with Crippen LogP contribution in [-0.2, 0) is 8.85 Å². The highest BCUT2D eigenvalue weighted by Crippen LogP contribution is 2.18. The summed E-state index contributed by atoms with van der Waals surface area (Å²) >= 11 is 0. The van der Waals surface area contributed by atoms with Crippen molar-refractivity contribution >= 4 is 18.9 Å². The Labute approximate surface area is 186 Å². The van der Waals surface area contributed by atoms with Gasteiger partial charge in [-0.25, -0.2) is 0 Å². The van der Waals surface area contributed by atoms with Crippen molar-refractivity contribution in [1.82, 2.24) is 0 Å². The van der Waals surface area contributed by atoms with Gasteiger partial charge in [0.05, 0.1) is 0 Å². The Morgan fingerprint density at radius 3 is 1.57 bits per heavy atom. The Kier molecular flexibility index (Phi) is 11.4. The van der Waals surface area contributed by atoms with Crippen LogP contribution in [0.2, 0.25) is 0 Å². The molecule has 30 heavy (non-hydrogen) atoms. The van der Waals surface area contributed by atoms with E-state index in [1.165, 1.54) is 42.5 Å². The second kappa shape index (κ2) is 13.8. The van der Waals surface area contributed by atoms with Crippen molar-refractivity contribution < 1.29 is 8.85 Å². The summed E-state index contributed by atoms with van der Waals surface area (Å²) in [5.41, 5.74) is 0. The van der Waals surface area contributed by atoms with Gasteiger partial charge in [-0.15, -0.1) is 0 Å². The molecule has 1 atom stereocenters. The van der Waals surface area contributed by atoms with Crippen LogP contribution in [0, 0.1) is 11.8 Å². The lowest BCUT2D eigenvalue weighted by Gasteiger charge is -2.32. The fourth-order valence-corrected chi connectivity index (χ4v) is 7.20. The largest absolute Gasteiger partial charge is 0.407 e. The van der Waals surface area contributed by atoms with Gasteiger partial charge in [0.1, 0.15) is 0 Å². The second-order valence-corrected chi connectivity index (χ2v) is 11.5. The van der Waals surface area contributed by atoms with Gasteiger partial charge in [0.25, 0.3) is 0 Å². The third kappa shape index (κ3) is 7.37. The fraction of sp³-hybridized carbons (Fsp3) is 0.556. The maximum atomic E-state index is 6.79. The van der Waals surface area contributed by atoms with Crippen molar-refractivity contribution in [2.45, 2.75) is 72.6 Å². The Morgan fingerprint density at radius 2 is 1.13 bits per heavy atom. The normalized spacial score (nSPS) is 13.0. The number of benzene rings is 2. The Hall–Kier alpha value is -1.42. The maximum Gasteiger partial charge on any atom is 0.407 e. The molecule has 0 saturated heterocycles. The maximum absolute atomic E-state index is 6.79. The molecular weight excluding hydrogens is 384 g/mol. The van der Waals surface area contributed by atoms with Gasteiger partial charge in [-0.3, -0.25) is 0 Å². The van der Waals surface area contributed by atoms with Crippen LogP contribution in [0.15, 0.2) is 60.7 Å². The third-order valence-corrected chi connectivity index (χ3v) is 9.78. The summed E-state index contributed by atoms with van der Waals surface area (Å²) in [6, 6.07) is 21.3.